The van der Waals surface area contributed by atoms with Crippen LogP contribution in [-0.2, 0) is 4.74 Å². The molecule has 0 aliphatic carbocycles. The molecule has 0 aliphatic rings. The summed E-state index contributed by atoms with van der Waals surface area (Å²) in [6.07, 6.45) is 4.42. The first-order valence-electron chi connectivity index (χ1n) is 9.36. The van der Waals surface area contributed by atoms with Gasteiger partial charge in [-0.15, -0.1) is 24.0 Å². The zero-order chi connectivity index (χ0) is 18.3. The lowest BCUT2D eigenvalue weighted by atomic mass is 9.98. The highest BCUT2D eigenvalue weighted by Crippen LogP contribution is 2.21. The molecule has 0 saturated heterocycles. The van der Waals surface area contributed by atoms with Crippen molar-refractivity contribution >= 4 is 29.9 Å². The average molecular weight is 477 g/mol. The van der Waals surface area contributed by atoms with Gasteiger partial charge in [-0.2, -0.15) is 0 Å². The standard InChI is InChI=1S/C20H35N3O2.HI/c1-5-21-20(22-14-7-6-8-16-24-3)23-15-13-17(2)18-9-11-19(25-4)12-10-18;/h9-12,17H,5-8,13-16H2,1-4H3,(H2,21,22,23);1H. The van der Waals surface area contributed by atoms with Crippen molar-refractivity contribution in [1.82, 2.24) is 10.6 Å². The molecule has 0 heterocycles. The largest absolute Gasteiger partial charge is 0.497 e. The van der Waals surface area contributed by atoms with Crippen LogP contribution < -0.4 is 15.4 Å². The van der Waals surface area contributed by atoms with E-state index in [1.54, 1.807) is 14.2 Å². The maximum atomic E-state index is 5.21. The third-order valence-electron chi connectivity index (χ3n) is 4.18. The summed E-state index contributed by atoms with van der Waals surface area (Å²) in [5.74, 6) is 2.31. The van der Waals surface area contributed by atoms with Crippen LogP contribution in [-0.4, -0.2) is 46.4 Å². The van der Waals surface area contributed by atoms with E-state index in [1.807, 2.05) is 12.1 Å². The topological polar surface area (TPSA) is 54.9 Å². The molecule has 0 spiro atoms. The fourth-order valence-corrected chi connectivity index (χ4v) is 2.57. The number of aliphatic imine (C=N–C) groups is 1. The molecule has 0 radical (unpaired) electrons. The van der Waals surface area contributed by atoms with Crippen molar-refractivity contribution in [2.24, 2.45) is 4.99 Å². The van der Waals surface area contributed by atoms with Gasteiger partial charge in [-0.3, -0.25) is 4.99 Å². The van der Waals surface area contributed by atoms with E-state index in [-0.39, 0.29) is 24.0 Å². The summed E-state index contributed by atoms with van der Waals surface area (Å²) < 4.78 is 10.3. The van der Waals surface area contributed by atoms with Crippen LogP contribution in [0.25, 0.3) is 0 Å². The van der Waals surface area contributed by atoms with Crippen molar-refractivity contribution in [3.05, 3.63) is 29.8 Å². The summed E-state index contributed by atoms with van der Waals surface area (Å²) in [7, 11) is 3.44. The number of benzene rings is 1. The van der Waals surface area contributed by atoms with Crippen molar-refractivity contribution in [3.8, 4) is 5.75 Å². The molecule has 1 aromatic rings. The lowest BCUT2D eigenvalue weighted by molar-refractivity contribution is 0.192. The minimum absolute atomic E-state index is 0. The van der Waals surface area contributed by atoms with Crippen LogP contribution in [0.2, 0.25) is 0 Å². The maximum Gasteiger partial charge on any atom is 0.191 e. The van der Waals surface area contributed by atoms with Crippen molar-refractivity contribution in [2.75, 3.05) is 40.5 Å². The van der Waals surface area contributed by atoms with E-state index >= 15 is 0 Å². The number of rotatable bonds is 12. The maximum absolute atomic E-state index is 5.21. The van der Waals surface area contributed by atoms with Gasteiger partial charge in [0, 0.05) is 33.4 Å². The number of nitrogens with one attached hydrogen (secondary N) is 2. The van der Waals surface area contributed by atoms with Crippen LogP contribution in [0.15, 0.2) is 29.3 Å². The molecular weight excluding hydrogens is 441 g/mol. The third-order valence-corrected chi connectivity index (χ3v) is 4.18. The van der Waals surface area contributed by atoms with E-state index in [1.165, 1.54) is 5.56 Å². The Morgan fingerprint density at radius 2 is 1.81 bits per heavy atom. The molecule has 2 N–H and O–H groups in total. The van der Waals surface area contributed by atoms with E-state index in [0.29, 0.717) is 5.92 Å². The summed E-state index contributed by atoms with van der Waals surface area (Å²) in [5, 5.41) is 6.75. The van der Waals surface area contributed by atoms with E-state index < -0.39 is 0 Å². The molecule has 0 saturated carbocycles. The van der Waals surface area contributed by atoms with Crippen LogP contribution in [0.3, 0.4) is 0 Å². The number of ether oxygens (including phenoxy) is 2. The molecule has 1 aromatic carbocycles. The molecule has 1 rings (SSSR count). The minimum Gasteiger partial charge on any atom is -0.497 e. The molecule has 0 aliphatic heterocycles. The predicted molar refractivity (Wildman–Crippen MR) is 121 cm³/mol. The monoisotopic (exact) mass is 477 g/mol. The Morgan fingerprint density at radius 3 is 2.42 bits per heavy atom. The van der Waals surface area contributed by atoms with E-state index in [4.69, 9.17) is 9.47 Å². The summed E-state index contributed by atoms with van der Waals surface area (Å²) in [6.45, 7) is 7.82. The smallest absolute Gasteiger partial charge is 0.191 e. The fourth-order valence-electron chi connectivity index (χ4n) is 2.57. The average Bonchev–Trinajstić information content (AvgIpc) is 2.64. The van der Waals surface area contributed by atoms with Crippen molar-refractivity contribution in [1.29, 1.82) is 0 Å². The van der Waals surface area contributed by atoms with Crippen molar-refractivity contribution < 1.29 is 9.47 Å². The lowest BCUT2D eigenvalue weighted by Crippen LogP contribution is -2.38. The quantitative estimate of drug-likeness (QED) is 0.205. The summed E-state index contributed by atoms with van der Waals surface area (Å²) >= 11 is 0. The summed E-state index contributed by atoms with van der Waals surface area (Å²) in [4.78, 5) is 4.64. The second kappa shape index (κ2) is 16.2. The Hall–Kier alpha value is -1.02. The van der Waals surface area contributed by atoms with Crippen LogP contribution in [0.1, 0.15) is 51.0 Å². The fraction of sp³-hybridized carbons (Fsp3) is 0.650. The summed E-state index contributed by atoms with van der Waals surface area (Å²) in [6, 6.07) is 8.33. The normalized spacial score (nSPS) is 12.2. The van der Waals surface area contributed by atoms with Crippen molar-refractivity contribution in [3.63, 3.8) is 0 Å². The summed E-state index contributed by atoms with van der Waals surface area (Å²) in [5.41, 5.74) is 1.34. The van der Waals surface area contributed by atoms with Gasteiger partial charge in [-0.1, -0.05) is 19.1 Å². The Labute approximate surface area is 176 Å². The number of unbranched alkanes of at least 4 members (excludes halogenated alkanes) is 2. The van der Waals surface area contributed by atoms with Gasteiger partial charge >= 0.3 is 0 Å². The SMILES string of the molecule is CCNC(=NCCCCCOC)NCCC(C)c1ccc(OC)cc1.I. The van der Waals surface area contributed by atoms with Crippen LogP contribution in [0.5, 0.6) is 5.75 Å². The molecule has 0 amide bonds. The highest BCUT2D eigenvalue weighted by molar-refractivity contribution is 14.0. The molecule has 6 heteroatoms. The molecule has 5 nitrogen and oxygen atoms in total. The van der Waals surface area contributed by atoms with Gasteiger partial charge in [0.2, 0.25) is 0 Å². The second-order valence-corrected chi connectivity index (χ2v) is 6.20. The number of halogens is 1. The van der Waals surface area contributed by atoms with Gasteiger partial charge in [0.1, 0.15) is 5.75 Å². The Bertz CT molecular complexity index is 480. The zero-order valence-electron chi connectivity index (χ0n) is 16.7. The predicted octanol–water partition coefficient (Wildman–Crippen LogP) is 4.18. The van der Waals surface area contributed by atoms with Gasteiger partial charge in [-0.05, 0) is 56.2 Å². The molecule has 1 atom stereocenters. The molecular formula is C20H36IN3O2. The van der Waals surface area contributed by atoms with Gasteiger partial charge in [-0.25, -0.2) is 0 Å². The van der Waals surface area contributed by atoms with E-state index in [9.17, 15) is 0 Å². The van der Waals surface area contributed by atoms with E-state index in [0.717, 1.165) is 63.6 Å². The lowest BCUT2D eigenvalue weighted by Gasteiger charge is -2.15. The first-order chi connectivity index (χ1) is 12.2. The zero-order valence-corrected chi connectivity index (χ0v) is 19.0. The number of hydrogen-bond donors (Lipinski definition) is 2. The van der Waals surface area contributed by atoms with Crippen LogP contribution >= 0.6 is 24.0 Å². The third kappa shape index (κ3) is 10.9. The first kappa shape index (κ1) is 25.0. The number of methoxy groups -OCH3 is 2. The number of hydrogen-bond acceptors (Lipinski definition) is 3. The van der Waals surface area contributed by atoms with Crippen LogP contribution in [0, 0.1) is 0 Å². The molecule has 0 aromatic heterocycles. The Morgan fingerprint density at radius 1 is 1.08 bits per heavy atom. The van der Waals surface area contributed by atoms with Crippen LogP contribution in [0.4, 0.5) is 0 Å². The van der Waals surface area contributed by atoms with Crippen molar-refractivity contribution in [2.45, 2.75) is 45.4 Å². The van der Waals surface area contributed by atoms with Gasteiger partial charge < -0.3 is 20.1 Å². The molecule has 26 heavy (non-hydrogen) atoms. The number of guanidine groups is 1. The number of nitrogens with zero attached hydrogens (tertiary/aromatic N) is 1. The highest BCUT2D eigenvalue weighted by Gasteiger charge is 2.06. The first-order valence-corrected chi connectivity index (χ1v) is 9.36. The van der Waals surface area contributed by atoms with Gasteiger partial charge in [0.15, 0.2) is 5.96 Å². The van der Waals surface area contributed by atoms with E-state index in [2.05, 4.69) is 41.6 Å². The Kier molecular flexibility index (Phi) is 15.5. The molecule has 1 unspecified atom stereocenters. The molecule has 0 bridgehead atoms. The van der Waals surface area contributed by atoms with Gasteiger partial charge in [0.25, 0.3) is 0 Å². The minimum atomic E-state index is 0. The second-order valence-electron chi connectivity index (χ2n) is 6.20. The molecule has 0 fully saturated rings. The Balaban J connectivity index is 0.00000625. The highest BCUT2D eigenvalue weighted by atomic mass is 127. The molecule has 150 valence electrons. The van der Waals surface area contributed by atoms with Gasteiger partial charge in [0.05, 0.1) is 7.11 Å².